The fourth-order valence-electron chi connectivity index (χ4n) is 13.3. The van der Waals surface area contributed by atoms with Crippen molar-refractivity contribution in [3.05, 3.63) is 206 Å². The number of nitrogens with one attached hydrogen (secondary N) is 1. The van der Waals surface area contributed by atoms with Crippen LogP contribution in [0.15, 0.2) is 178 Å². The third-order valence-electron chi connectivity index (χ3n) is 16.2. The minimum absolute atomic E-state index is 0.0631. The third kappa shape index (κ3) is 5.51. The van der Waals surface area contributed by atoms with E-state index in [4.69, 9.17) is 4.99 Å². The van der Waals surface area contributed by atoms with E-state index in [0.717, 1.165) is 17.8 Å². The molecular weight excluding hydrogens is 757 g/mol. The Bertz CT molecular complexity index is 2800. The Kier molecular flexibility index (Phi) is 8.37. The maximum atomic E-state index is 5.27. The summed E-state index contributed by atoms with van der Waals surface area (Å²) in [5, 5.41) is 3.87. The minimum atomic E-state index is 0.0631. The molecule has 0 radical (unpaired) electrons. The number of benzene rings is 5. The summed E-state index contributed by atoms with van der Waals surface area (Å²) in [6.45, 7) is 0. The maximum Gasteiger partial charge on any atom is 0.134 e. The SMILES string of the molecule is C1=CCC2C(=C1)SC1=C2N=C(c2ccccc2)NC1c1ccc(-c2cccc(-c3ccc4c(c3)C3=CC5C(C=C3C43CCCCC3)c3ccccc3C53CCCCC3)c2)cc1. The van der Waals surface area contributed by atoms with Crippen LogP contribution in [0.1, 0.15) is 116 Å². The molecule has 300 valence electrons. The quantitative estimate of drug-likeness (QED) is 0.196. The lowest BCUT2D eigenvalue weighted by Crippen LogP contribution is -2.35. The molecule has 0 aromatic heterocycles. The van der Waals surface area contributed by atoms with E-state index >= 15 is 0 Å². The number of thioether (sulfide) groups is 1. The summed E-state index contributed by atoms with van der Waals surface area (Å²) in [5.74, 6) is 2.38. The Hall–Kier alpha value is -5.38. The number of fused-ring (bicyclic) bond motifs is 12. The fourth-order valence-corrected chi connectivity index (χ4v) is 14.7. The first-order valence-electron chi connectivity index (χ1n) is 23.3. The molecule has 3 heteroatoms. The van der Waals surface area contributed by atoms with Crippen LogP contribution in [0.5, 0.6) is 0 Å². The van der Waals surface area contributed by atoms with Gasteiger partial charge in [-0.15, -0.1) is 0 Å². The molecule has 6 aliphatic carbocycles. The van der Waals surface area contributed by atoms with Gasteiger partial charge in [-0.1, -0.05) is 190 Å². The van der Waals surface area contributed by atoms with Gasteiger partial charge in [0.1, 0.15) is 5.84 Å². The van der Waals surface area contributed by atoms with Crippen molar-refractivity contribution in [3.63, 3.8) is 0 Å². The normalized spacial score (nSPS) is 25.9. The Labute approximate surface area is 365 Å². The van der Waals surface area contributed by atoms with Crippen molar-refractivity contribution >= 4 is 23.2 Å². The molecule has 5 aromatic rings. The summed E-state index contributed by atoms with van der Waals surface area (Å²) in [6, 6.07) is 46.5. The molecule has 2 nitrogen and oxygen atoms in total. The molecule has 4 atom stereocenters. The summed E-state index contributed by atoms with van der Waals surface area (Å²) in [6.07, 6.45) is 26.8. The van der Waals surface area contributed by atoms with Crippen LogP contribution in [0.3, 0.4) is 0 Å². The van der Waals surface area contributed by atoms with Crippen molar-refractivity contribution < 1.29 is 0 Å². The van der Waals surface area contributed by atoms with Gasteiger partial charge in [0.15, 0.2) is 0 Å². The molecular formula is C58H52N2S. The van der Waals surface area contributed by atoms with E-state index in [0.29, 0.717) is 17.8 Å². The lowest BCUT2D eigenvalue weighted by Gasteiger charge is -2.43. The molecule has 2 fully saturated rings. The lowest BCUT2D eigenvalue weighted by atomic mass is 9.61. The first-order valence-corrected chi connectivity index (χ1v) is 24.1. The third-order valence-corrected chi connectivity index (χ3v) is 17.5. The van der Waals surface area contributed by atoms with Gasteiger partial charge in [-0.3, -0.25) is 0 Å². The Morgan fingerprint density at radius 3 is 2.18 bits per heavy atom. The first-order chi connectivity index (χ1) is 30.2. The topological polar surface area (TPSA) is 24.4 Å². The number of rotatable bonds is 4. The minimum Gasteiger partial charge on any atom is -0.358 e. The van der Waals surface area contributed by atoms with Crippen LogP contribution in [0.4, 0.5) is 0 Å². The molecule has 2 aliphatic heterocycles. The number of hydrogen-bond donors (Lipinski definition) is 1. The average Bonchev–Trinajstić information content (AvgIpc) is 3.93. The van der Waals surface area contributed by atoms with E-state index in [1.165, 1.54) is 113 Å². The summed E-state index contributed by atoms with van der Waals surface area (Å²) in [5.41, 5.74) is 18.9. The Morgan fingerprint density at radius 2 is 1.34 bits per heavy atom. The Balaban J connectivity index is 0.846. The Morgan fingerprint density at radius 1 is 0.623 bits per heavy atom. The van der Waals surface area contributed by atoms with Crippen molar-refractivity contribution in [2.45, 2.75) is 93.4 Å². The summed E-state index contributed by atoms with van der Waals surface area (Å²) in [7, 11) is 0. The fraction of sp³-hybridized carbons (Fsp3) is 0.293. The van der Waals surface area contributed by atoms with Crippen LogP contribution in [0.2, 0.25) is 0 Å². The maximum absolute atomic E-state index is 5.27. The number of amidine groups is 1. The highest BCUT2D eigenvalue weighted by Gasteiger charge is 2.55. The van der Waals surface area contributed by atoms with E-state index < -0.39 is 0 Å². The van der Waals surface area contributed by atoms with Gasteiger partial charge in [-0.2, -0.15) is 0 Å². The molecule has 2 spiro atoms. The van der Waals surface area contributed by atoms with E-state index in [2.05, 4.69) is 157 Å². The van der Waals surface area contributed by atoms with Gasteiger partial charge in [0.25, 0.3) is 0 Å². The van der Waals surface area contributed by atoms with Crippen molar-refractivity contribution in [1.29, 1.82) is 0 Å². The molecule has 0 bridgehead atoms. The molecule has 2 saturated carbocycles. The van der Waals surface area contributed by atoms with Crippen molar-refractivity contribution in [2.75, 3.05) is 0 Å². The number of hydrogen-bond acceptors (Lipinski definition) is 3. The van der Waals surface area contributed by atoms with Crippen LogP contribution in [-0.4, -0.2) is 5.84 Å². The summed E-state index contributed by atoms with van der Waals surface area (Å²) in [4.78, 5) is 8.03. The number of aliphatic imine (C=N–C) groups is 1. The van der Waals surface area contributed by atoms with E-state index in [-0.39, 0.29) is 16.9 Å². The molecule has 0 amide bonds. The van der Waals surface area contributed by atoms with Crippen LogP contribution >= 0.6 is 11.8 Å². The molecule has 5 aromatic carbocycles. The van der Waals surface area contributed by atoms with Crippen LogP contribution in [-0.2, 0) is 10.8 Å². The highest BCUT2D eigenvalue weighted by molar-refractivity contribution is 8.07. The smallest absolute Gasteiger partial charge is 0.134 e. The van der Waals surface area contributed by atoms with Gasteiger partial charge < -0.3 is 5.32 Å². The first kappa shape index (κ1) is 36.3. The zero-order valence-electron chi connectivity index (χ0n) is 34.9. The van der Waals surface area contributed by atoms with Crippen LogP contribution in [0, 0.1) is 11.8 Å². The van der Waals surface area contributed by atoms with Gasteiger partial charge >= 0.3 is 0 Å². The second-order valence-corrected chi connectivity index (χ2v) is 20.3. The van der Waals surface area contributed by atoms with E-state index in [1.54, 1.807) is 27.8 Å². The second kappa shape index (κ2) is 14.1. The molecule has 1 N–H and O–H groups in total. The largest absolute Gasteiger partial charge is 0.358 e. The highest BCUT2D eigenvalue weighted by Crippen LogP contribution is 2.66. The molecule has 13 rings (SSSR count). The van der Waals surface area contributed by atoms with Crippen LogP contribution in [0.25, 0.3) is 27.8 Å². The van der Waals surface area contributed by atoms with Crippen molar-refractivity contribution in [2.24, 2.45) is 16.8 Å². The molecule has 61 heavy (non-hydrogen) atoms. The zero-order chi connectivity index (χ0) is 40.1. The van der Waals surface area contributed by atoms with E-state index in [1.807, 2.05) is 11.8 Å². The standard InChI is InChI=1S/C58H52N2S/c1-4-15-39(16-5-1)56-59-53(55-54(60-56)44-20-7-9-22-52(44)61-55)38-25-23-37(24-26-38)40-17-14-18-41(33-40)42-27-28-49-45(34-42)47-36-50-46(35-51(47)58(49)31-12-3-13-32-58)43-19-6-8-21-48(43)57(50)29-10-2-11-30-57/h1,4-9,14-19,21-28,33-36,44,46,50,53H,2-3,10-13,20,29-32H2,(H,59,60). The zero-order valence-corrected chi connectivity index (χ0v) is 35.7. The van der Waals surface area contributed by atoms with Gasteiger partial charge in [0.2, 0.25) is 0 Å². The number of nitrogens with zero attached hydrogens (tertiary/aromatic N) is 1. The lowest BCUT2D eigenvalue weighted by molar-refractivity contribution is 0.232. The number of allylic oxidation sites excluding steroid dienone is 8. The predicted molar refractivity (Wildman–Crippen MR) is 254 cm³/mol. The molecule has 2 heterocycles. The molecule has 0 saturated heterocycles. The second-order valence-electron chi connectivity index (χ2n) is 19.2. The van der Waals surface area contributed by atoms with Gasteiger partial charge in [0, 0.05) is 33.1 Å². The average molecular weight is 809 g/mol. The van der Waals surface area contributed by atoms with Crippen molar-refractivity contribution in [3.8, 4) is 22.3 Å². The monoisotopic (exact) mass is 808 g/mol. The highest BCUT2D eigenvalue weighted by atomic mass is 32.2. The van der Waals surface area contributed by atoms with Crippen molar-refractivity contribution in [1.82, 2.24) is 5.32 Å². The molecule has 4 unspecified atom stereocenters. The summed E-state index contributed by atoms with van der Waals surface area (Å²) >= 11 is 1.92. The molecule has 8 aliphatic rings. The van der Waals surface area contributed by atoms with Crippen LogP contribution < -0.4 is 5.32 Å². The van der Waals surface area contributed by atoms with E-state index in [9.17, 15) is 0 Å². The summed E-state index contributed by atoms with van der Waals surface area (Å²) < 4.78 is 0. The van der Waals surface area contributed by atoms with Gasteiger partial charge in [0.05, 0.1) is 11.7 Å². The predicted octanol–water partition coefficient (Wildman–Crippen LogP) is 14.7. The van der Waals surface area contributed by atoms with Gasteiger partial charge in [-0.05, 0) is 116 Å². The van der Waals surface area contributed by atoms with Gasteiger partial charge in [-0.25, -0.2) is 4.99 Å².